The Bertz CT molecular complexity index is 221. The molecule has 0 amide bonds. The van der Waals surface area contributed by atoms with Gasteiger partial charge in [0.05, 0.1) is 26.4 Å². The standard InChI is InChI=1S/C13H25NO4/c15-7-9-16-8-1-6-14-12-2-4-13(5-3-12)17-10-11-18-13/h12,14-15H,1-11H2. The van der Waals surface area contributed by atoms with E-state index in [1.807, 2.05) is 0 Å². The molecule has 5 heteroatoms. The van der Waals surface area contributed by atoms with Gasteiger partial charge in [0.2, 0.25) is 0 Å². The lowest BCUT2D eigenvalue weighted by Gasteiger charge is -2.35. The van der Waals surface area contributed by atoms with Crippen molar-refractivity contribution in [3.8, 4) is 0 Å². The van der Waals surface area contributed by atoms with E-state index in [9.17, 15) is 0 Å². The van der Waals surface area contributed by atoms with Crippen molar-refractivity contribution < 1.29 is 19.3 Å². The lowest BCUT2D eigenvalue weighted by molar-refractivity contribution is -0.179. The van der Waals surface area contributed by atoms with Crippen molar-refractivity contribution in [3.63, 3.8) is 0 Å². The molecule has 1 aliphatic heterocycles. The van der Waals surface area contributed by atoms with Crippen LogP contribution in [0.25, 0.3) is 0 Å². The van der Waals surface area contributed by atoms with Crippen molar-refractivity contribution in [1.82, 2.24) is 5.32 Å². The Balaban J connectivity index is 1.51. The van der Waals surface area contributed by atoms with E-state index in [-0.39, 0.29) is 12.4 Å². The second-order valence-electron chi connectivity index (χ2n) is 5.03. The molecule has 18 heavy (non-hydrogen) atoms. The monoisotopic (exact) mass is 259 g/mol. The zero-order valence-corrected chi connectivity index (χ0v) is 11.0. The van der Waals surface area contributed by atoms with Crippen molar-refractivity contribution in [3.05, 3.63) is 0 Å². The Morgan fingerprint density at radius 3 is 2.56 bits per heavy atom. The van der Waals surface area contributed by atoms with E-state index in [0.717, 1.165) is 58.5 Å². The molecular formula is C13H25NO4. The van der Waals surface area contributed by atoms with Crippen molar-refractivity contribution in [2.24, 2.45) is 0 Å². The quantitative estimate of drug-likeness (QED) is 0.658. The molecule has 0 aromatic heterocycles. The van der Waals surface area contributed by atoms with Gasteiger partial charge in [-0.25, -0.2) is 0 Å². The maximum absolute atomic E-state index is 8.56. The van der Waals surface area contributed by atoms with Crippen LogP contribution in [0.15, 0.2) is 0 Å². The summed E-state index contributed by atoms with van der Waals surface area (Å²) in [5, 5.41) is 12.1. The van der Waals surface area contributed by atoms with Crippen molar-refractivity contribution in [2.45, 2.75) is 43.9 Å². The van der Waals surface area contributed by atoms with Gasteiger partial charge < -0.3 is 24.6 Å². The summed E-state index contributed by atoms with van der Waals surface area (Å²) in [7, 11) is 0. The van der Waals surface area contributed by atoms with Gasteiger partial charge in [-0.2, -0.15) is 0 Å². The van der Waals surface area contributed by atoms with Gasteiger partial charge in [0.25, 0.3) is 0 Å². The highest BCUT2D eigenvalue weighted by Crippen LogP contribution is 2.35. The molecule has 1 heterocycles. The molecule has 0 radical (unpaired) electrons. The van der Waals surface area contributed by atoms with Crippen LogP contribution in [0.4, 0.5) is 0 Å². The first-order chi connectivity index (χ1) is 8.85. The van der Waals surface area contributed by atoms with Crippen LogP contribution < -0.4 is 5.32 Å². The van der Waals surface area contributed by atoms with Crippen LogP contribution in [0.2, 0.25) is 0 Å². The second-order valence-corrected chi connectivity index (χ2v) is 5.03. The van der Waals surface area contributed by atoms with Crippen LogP contribution in [0, 0.1) is 0 Å². The molecular weight excluding hydrogens is 234 g/mol. The van der Waals surface area contributed by atoms with Gasteiger partial charge in [-0.3, -0.25) is 0 Å². The maximum Gasteiger partial charge on any atom is 0.168 e. The minimum atomic E-state index is -0.248. The van der Waals surface area contributed by atoms with E-state index in [0.29, 0.717) is 12.6 Å². The average molecular weight is 259 g/mol. The Morgan fingerprint density at radius 1 is 1.17 bits per heavy atom. The zero-order chi connectivity index (χ0) is 12.7. The highest BCUT2D eigenvalue weighted by Gasteiger charge is 2.39. The molecule has 0 atom stereocenters. The summed E-state index contributed by atoms with van der Waals surface area (Å²) < 4.78 is 16.6. The molecule has 1 saturated carbocycles. The van der Waals surface area contributed by atoms with E-state index in [2.05, 4.69) is 5.32 Å². The fourth-order valence-corrected chi connectivity index (χ4v) is 2.69. The first-order valence-electron chi connectivity index (χ1n) is 7.05. The van der Waals surface area contributed by atoms with Gasteiger partial charge >= 0.3 is 0 Å². The molecule has 0 unspecified atom stereocenters. The Hall–Kier alpha value is -0.200. The predicted octanol–water partition coefficient (Wildman–Crippen LogP) is 0.661. The van der Waals surface area contributed by atoms with E-state index < -0.39 is 0 Å². The van der Waals surface area contributed by atoms with Crippen molar-refractivity contribution in [1.29, 1.82) is 0 Å². The molecule has 0 aromatic rings. The molecule has 1 spiro atoms. The summed E-state index contributed by atoms with van der Waals surface area (Å²) in [6.45, 7) is 3.75. The van der Waals surface area contributed by atoms with Crippen LogP contribution in [0.3, 0.4) is 0 Å². The normalized spacial score (nSPS) is 23.8. The summed E-state index contributed by atoms with van der Waals surface area (Å²) in [5.74, 6) is -0.248. The van der Waals surface area contributed by atoms with Crippen molar-refractivity contribution >= 4 is 0 Å². The lowest BCUT2D eigenvalue weighted by atomic mass is 9.90. The van der Waals surface area contributed by atoms with E-state index in [4.69, 9.17) is 19.3 Å². The third kappa shape index (κ3) is 4.17. The highest BCUT2D eigenvalue weighted by atomic mass is 16.7. The number of ether oxygens (including phenoxy) is 3. The van der Waals surface area contributed by atoms with Crippen LogP contribution >= 0.6 is 0 Å². The number of hydrogen-bond acceptors (Lipinski definition) is 5. The van der Waals surface area contributed by atoms with Crippen LogP contribution in [-0.2, 0) is 14.2 Å². The third-order valence-electron chi connectivity index (χ3n) is 3.70. The van der Waals surface area contributed by atoms with Gasteiger partial charge in [0, 0.05) is 25.5 Å². The Labute approximate surface area is 109 Å². The van der Waals surface area contributed by atoms with Gasteiger partial charge in [-0.1, -0.05) is 0 Å². The molecule has 0 bridgehead atoms. The van der Waals surface area contributed by atoms with Crippen LogP contribution in [-0.4, -0.2) is 56.5 Å². The van der Waals surface area contributed by atoms with E-state index in [1.54, 1.807) is 0 Å². The minimum absolute atomic E-state index is 0.109. The van der Waals surface area contributed by atoms with E-state index >= 15 is 0 Å². The predicted molar refractivity (Wildman–Crippen MR) is 67.4 cm³/mol. The average Bonchev–Trinajstić information content (AvgIpc) is 2.85. The largest absolute Gasteiger partial charge is 0.394 e. The number of rotatable bonds is 7. The smallest absolute Gasteiger partial charge is 0.168 e. The SMILES string of the molecule is OCCOCCCNC1CCC2(CC1)OCCO2. The molecule has 106 valence electrons. The first-order valence-corrected chi connectivity index (χ1v) is 7.05. The molecule has 1 saturated heterocycles. The van der Waals surface area contributed by atoms with Crippen LogP contribution in [0.5, 0.6) is 0 Å². The molecule has 1 aliphatic carbocycles. The molecule has 2 fully saturated rings. The lowest BCUT2D eigenvalue weighted by Crippen LogP contribution is -2.42. The molecule has 2 N–H and O–H groups in total. The molecule has 2 rings (SSSR count). The van der Waals surface area contributed by atoms with Gasteiger partial charge in [-0.15, -0.1) is 0 Å². The summed E-state index contributed by atoms with van der Waals surface area (Å²) in [6.07, 6.45) is 5.25. The van der Waals surface area contributed by atoms with Crippen molar-refractivity contribution in [2.75, 3.05) is 39.6 Å². The van der Waals surface area contributed by atoms with Crippen LogP contribution in [0.1, 0.15) is 32.1 Å². The highest BCUT2D eigenvalue weighted by molar-refractivity contribution is 4.85. The third-order valence-corrected chi connectivity index (χ3v) is 3.70. The summed E-state index contributed by atoms with van der Waals surface area (Å²) >= 11 is 0. The van der Waals surface area contributed by atoms with Gasteiger partial charge in [0.15, 0.2) is 5.79 Å². The van der Waals surface area contributed by atoms with Gasteiger partial charge in [-0.05, 0) is 25.8 Å². The summed E-state index contributed by atoms with van der Waals surface area (Å²) in [5.41, 5.74) is 0. The topological polar surface area (TPSA) is 60.0 Å². The number of aliphatic hydroxyl groups is 1. The van der Waals surface area contributed by atoms with Gasteiger partial charge in [0.1, 0.15) is 0 Å². The zero-order valence-electron chi connectivity index (χ0n) is 11.0. The van der Waals surface area contributed by atoms with E-state index in [1.165, 1.54) is 0 Å². The number of nitrogens with one attached hydrogen (secondary N) is 1. The second kappa shape index (κ2) is 7.40. The minimum Gasteiger partial charge on any atom is -0.394 e. The Morgan fingerprint density at radius 2 is 1.89 bits per heavy atom. The Kier molecular flexibility index (Phi) is 5.85. The maximum atomic E-state index is 8.56. The summed E-state index contributed by atoms with van der Waals surface area (Å²) in [6, 6.07) is 0.585. The molecule has 2 aliphatic rings. The molecule has 5 nitrogen and oxygen atoms in total. The summed E-state index contributed by atoms with van der Waals surface area (Å²) in [4.78, 5) is 0. The number of hydrogen-bond donors (Lipinski definition) is 2. The fourth-order valence-electron chi connectivity index (χ4n) is 2.69. The fraction of sp³-hybridized carbons (Fsp3) is 1.00. The number of aliphatic hydroxyl groups excluding tert-OH is 1. The molecule has 0 aromatic carbocycles. The first kappa shape index (κ1) is 14.2.